The van der Waals surface area contributed by atoms with Gasteiger partial charge < -0.3 is 30.9 Å². The van der Waals surface area contributed by atoms with Crippen molar-refractivity contribution in [2.24, 2.45) is 0 Å². The Morgan fingerprint density at radius 3 is 2.64 bits per heavy atom. The molecular weight excluding hydrogens is 545 g/mol. The molecule has 13 heteroatoms. The summed E-state index contributed by atoms with van der Waals surface area (Å²) < 4.78 is 1.90. The van der Waals surface area contributed by atoms with Gasteiger partial charge in [0.15, 0.2) is 0 Å². The van der Waals surface area contributed by atoms with Crippen molar-refractivity contribution in [3.8, 4) is 11.1 Å². The van der Waals surface area contributed by atoms with E-state index in [2.05, 4.69) is 20.5 Å². The van der Waals surface area contributed by atoms with Crippen molar-refractivity contribution >= 4 is 46.4 Å². The van der Waals surface area contributed by atoms with Gasteiger partial charge in [0.2, 0.25) is 5.82 Å². The Morgan fingerprint density at radius 2 is 1.95 bits per heavy atom. The van der Waals surface area contributed by atoms with Gasteiger partial charge in [0.25, 0.3) is 5.91 Å². The molecule has 3 aromatic rings. The smallest absolute Gasteiger partial charge is 0.311 e. The number of nitrogens with one attached hydrogen (secondary N) is 2. The van der Waals surface area contributed by atoms with Crippen LogP contribution in [0.3, 0.4) is 0 Å². The van der Waals surface area contributed by atoms with Crippen LogP contribution in [0.4, 0.5) is 17.3 Å². The molecule has 4 rings (SSSR count). The summed E-state index contributed by atoms with van der Waals surface area (Å²) in [6, 6.07) is 7.94. The molecule has 3 heterocycles. The van der Waals surface area contributed by atoms with E-state index in [0.29, 0.717) is 58.6 Å². The number of aliphatic hydroxyl groups is 1. The maximum Gasteiger partial charge on any atom is 0.311 e. The van der Waals surface area contributed by atoms with Crippen LogP contribution in [-0.4, -0.2) is 69.2 Å². The number of aromatic nitrogens is 2. The number of halogens is 2. The number of anilines is 2. The number of carbonyl (C=O) groups excluding carboxylic acids is 1. The Kier molecular flexibility index (Phi) is 9.63. The maximum atomic E-state index is 13.2. The van der Waals surface area contributed by atoms with Crippen molar-refractivity contribution in [3.63, 3.8) is 0 Å². The molecule has 1 aliphatic heterocycles. The average Bonchev–Trinajstić information content (AvgIpc) is 3.55. The number of aliphatic hydroxyl groups excluding tert-OH is 1. The predicted octanol–water partition coefficient (Wildman–Crippen LogP) is 4.04. The summed E-state index contributed by atoms with van der Waals surface area (Å²) in [5, 5.41) is 28.2. The third kappa shape index (κ3) is 7.60. The Balaban J connectivity index is 1.42. The Bertz CT molecular complexity index is 1330. The molecule has 0 spiro atoms. The fraction of sp³-hybridized carbons (Fsp3) is 0.385. The molecule has 1 saturated heterocycles. The number of carbonyl (C=O) groups is 1. The van der Waals surface area contributed by atoms with E-state index in [-0.39, 0.29) is 24.0 Å². The maximum absolute atomic E-state index is 13.2. The molecule has 1 aliphatic rings. The number of likely N-dealkylation sites (tertiary alicyclic amines) is 1. The largest absolute Gasteiger partial charge is 0.390 e. The number of hydrogen-bond donors (Lipinski definition) is 4. The number of rotatable bonds is 12. The van der Waals surface area contributed by atoms with E-state index in [1.165, 1.54) is 12.1 Å². The van der Waals surface area contributed by atoms with Crippen LogP contribution in [0.25, 0.3) is 11.1 Å². The van der Waals surface area contributed by atoms with Crippen LogP contribution in [0.1, 0.15) is 29.6 Å². The first-order valence-corrected chi connectivity index (χ1v) is 13.5. The third-order valence-electron chi connectivity index (χ3n) is 6.51. The van der Waals surface area contributed by atoms with Crippen molar-refractivity contribution in [1.82, 2.24) is 19.8 Å². The van der Waals surface area contributed by atoms with Crippen molar-refractivity contribution in [1.29, 1.82) is 0 Å². The molecule has 0 radical (unpaired) electrons. The van der Waals surface area contributed by atoms with Crippen LogP contribution in [0, 0.1) is 10.1 Å². The van der Waals surface area contributed by atoms with Crippen molar-refractivity contribution in [3.05, 3.63) is 68.4 Å². The zero-order valence-electron chi connectivity index (χ0n) is 21.3. The average molecular weight is 576 g/mol. The van der Waals surface area contributed by atoms with Crippen molar-refractivity contribution < 1.29 is 14.8 Å². The van der Waals surface area contributed by atoms with E-state index in [9.17, 15) is 20.0 Å². The molecule has 208 valence electrons. The number of aryl methyl sites for hydroxylation is 1. The van der Waals surface area contributed by atoms with Crippen LogP contribution in [0.2, 0.25) is 10.0 Å². The zero-order valence-corrected chi connectivity index (χ0v) is 22.8. The zero-order chi connectivity index (χ0) is 27.9. The van der Waals surface area contributed by atoms with Gasteiger partial charge in [-0.05, 0) is 50.6 Å². The number of nitro groups is 1. The van der Waals surface area contributed by atoms with Gasteiger partial charge in [0.1, 0.15) is 5.82 Å². The van der Waals surface area contributed by atoms with E-state index < -0.39 is 11.0 Å². The molecular formula is C26H31Cl2N7O4. The van der Waals surface area contributed by atoms with Gasteiger partial charge >= 0.3 is 5.69 Å². The second-order valence-electron chi connectivity index (χ2n) is 9.46. The van der Waals surface area contributed by atoms with Crippen LogP contribution in [-0.2, 0) is 6.54 Å². The second kappa shape index (κ2) is 13.1. The number of nitrogens with zero attached hydrogens (tertiary/aromatic N) is 4. The topological polar surface area (TPSA) is 152 Å². The Hall–Kier alpha value is -3.38. The lowest BCUT2D eigenvalue weighted by atomic mass is 10.0. The molecule has 1 unspecified atom stereocenters. The summed E-state index contributed by atoms with van der Waals surface area (Å²) >= 11 is 12.6. The standard InChI is InChI=1S/C26H31Cl2N7O4/c27-17-4-5-19(22(28)12-17)20-15-34(11-3-8-30-24-7-6-23(35(38)39)25(29)32-24)16-21(20)26(37)31-13-18(36)14-33-9-1-2-10-33/h4-7,12,15-16,18,36H,1-3,8-11,13-14H2,(H,31,37)(H3,29,30,32). The molecule has 1 amide bonds. The summed E-state index contributed by atoms with van der Waals surface area (Å²) in [5.41, 5.74) is 7.18. The van der Waals surface area contributed by atoms with Crippen molar-refractivity contribution in [2.45, 2.75) is 31.9 Å². The molecule has 1 aromatic carbocycles. The van der Waals surface area contributed by atoms with Gasteiger partial charge in [-0.1, -0.05) is 29.3 Å². The van der Waals surface area contributed by atoms with Crippen LogP contribution in [0.15, 0.2) is 42.7 Å². The molecule has 11 nitrogen and oxygen atoms in total. The van der Waals surface area contributed by atoms with E-state index in [4.69, 9.17) is 28.9 Å². The van der Waals surface area contributed by atoms with Gasteiger partial charge in [0.05, 0.1) is 16.6 Å². The molecule has 5 N–H and O–H groups in total. The van der Waals surface area contributed by atoms with Gasteiger partial charge in [-0.3, -0.25) is 14.9 Å². The number of hydrogen-bond acceptors (Lipinski definition) is 8. The minimum absolute atomic E-state index is 0.142. The highest BCUT2D eigenvalue weighted by atomic mass is 35.5. The predicted molar refractivity (Wildman–Crippen MR) is 152 cm³/mol. The quantitative estimate of drug-likeness (QED) is 0.143. The van der Waals surface area contributed by atoms with Crippen LogP contribution in [0.5, 0.6) is 0 Å². The SMILES string of the molecule is Nc1nc(NCCCn2cc(C(=O)NCC(O)CN3CCCC3)c(-c3ccc(Cl)cc3Cl)c2)ccc1[N+](=O)[O-]. The van der Waals surface area contributed by atoms with Crippen LogP contribution >= 0.6 is 23.2 Å². The number of β-amino-alcohol motifs (C(OH)–C–C–N with tert-alkyl or cyclic N) is 1. The first-order valence-electron chi connectivity index (χ1n) is 12.7. The number of nitrogens with two attached hydrogens (primary N) is 1. The molecule has 39 heavy (non-hydrogen) atoms. The monoisotopic (exact) mass is 575 g/mol. The number of amides is 1. The second-order valence-corrected chi connectivity index (χ2v) is 10.3. The summed E-state index contributed by atoms with van der Waals surface area (Å²) in [6.45, 7) is 3.69. The number of nitrogen functional groups attached to an aromatic ring is 1. The van der Waals surface area contributed by atoms with E-state index >= 15 is 0 Å². The van der Waals surface area contributed by atoms with E-state index in [1.807, 2.05) is 10.8 Å². The van der Waals surface area contributed by atoms with E-state index in [1.54, 1.807) is 24.4 Å². The minimum atomic E-state index is -0.662. The lowest BCUT2D eigenvalue weighted by molar-refractivity contribution is -0.384. The summed E-state index contributed by atoms with van der Waals surface area (Å²) in [4.78, 5) is 29.7. The third-order valence-corrected chi connectivity index (χ3v) is 7.06. The molecule has 0 bridgehead atoms. The first-order chi connectivity index (χ1) is 18.7. The van der Waals surface area contributed by atoms with Gasteiger partial charge in [-0.2, -0.15) is 0 Å². The summed E-state index contributed by atoms with van der Waals surface area (Å²) in [5.74, 6) is -0.0215. The molecule has 1 fully saturated rings. The van der Waals surface area contributed by atoms with Crippen molar-refractivity contribution in [2.75, 3.05) is 43.8 Å². The molecule has 1 atom stereocenters. The van der Waals surface area contributed by atoms with Gasteiger partial charge in [-0.15, -0.1) is 0 Å². The lowest BCUT2D eigenvalue weighted by Gasteiger charge is -2.19. The van der Waals surface area contributed by atoms with Gasteiger partial charge in [-0.25, -0.2) is 4.98 Å². The summed E-state index contributed by atoms with van der Waals surface area (Å²) in [7, 11) is 0. The molecule has 0 saturated carbocycles. The highest BCUT2D eigenvalue weighted by Gasteiger charge is 2.21. The molecule has 2 aromatic heterocycles. The number of pyridine rings is 1. The van der Waals surface area contributed by atoms with E-state index in [0.717, 1.165) is 25.9 Å². The van der Waals surface area contributed by atoms with Crippen LogP contribution < -0.4 is 16.4 Å². The first kappa shape index (κ1) is 28.6. The van der Waals surface area contributed by atoms with Gasteiger partial charge in [0, 0.05) is 65.8 Å². The minimum Gasteiger partial charge on any atom is -0.390 e. The lowest BCUT2D eigenvalue weighted by Crippen LogP contribution is -2.39. The fourth-order valence-electron chi connectivity index (χ4n) is 4.57. The highest BCUT2D eigenvalue weighted by Crippen LogP contribution is 2.33. The highest BCUT2D eigenvalue weighted by molar-refractivity contribution is 6.36. The summed E-state index contributed by atoms with van der Waals surface area (Å²) in [6.07, 6.45) is 5.87. The Labute approximate surface area is 236 Å². The number of benzene rings is 1. The Morgan fingerprint density at radius 1 is 1.18 bits per heavy atom. The normalized spacial score (nSPS) is 14.3. The molecule has 0 aliphatic carbocycles. The fourth-order valence-corrected chi connectivity index (χ4v) is 5.08.